The van der Waals surface area contributed by atoms with Crippen LogP contribution in [-0.2, 0) is 32.5 Å². The third-order valence-corrected chi connectivity index (χ3v) is 7.02. The van der Waals surface area contributed by atoms with Crippen LogP contribution in [0.4, 0.5) is 10.1 Å². The summed E-state index contributed by atoms with van der Waals surface area (Å²) in [6, 6.07) is 16.8. The zero-order valence-corrected chi connectivity index (χ0v) is 19.3. The van der Waals surface area contributed by atoms with E-state index in [-0.39, 0.29) is 22.1 Å². The molecule has 1 heterocycles. The highest BCUT2D eigenvalue weighted by Crippen LogP contribution is 2.21. The highest BCUT2D eigenvalue weighted by Gasteiger charge is 2.23. The van der Waals surface area contributed by atoms with Crippen molar-refractivity contribution in [2.75, 3.05) is 17.9 Å². The molecule has 0 bridgehead atoms. The molecule has 1 aliphatic heterocycles. The highest BCUT2D eigenvalue weighted by molar-refractivity contribution is 7.92. The van der Waals surface area contributed by atoms with Gasteiger partial charge in [-0.2, -0.15) is 0 Å². The van der Waals surface area contributed by atoms with Gasteiger partial charge in [-0.15, -0.1) is 0 Å². The van der Waals surface area contributed by atoms with Gasteiger partial charge in [0.15, 0.2) is 6.61 Å². The lowest BCUT2D eigenvalue weighted by Crippen LogP contribution is -2.38. The Kier molecular flexibility index (Phi) is 6.65. The number of benzene rings is 3. The zero-order chi connectivity index (χ0) is 24.3. The van der Waals surface area contributed by atoms with Crippen LogP contribution in [0.25, 0.3) is 0 Å². The molecule has 9 heteroatoms. The van der Waals surface area contributed by atoms with Crippen molar-refractivity contribution >= 4 is 27.6 Å². The number of hydrogen-bond acceptors (Lipinski definition) is 5. The number of hydrogen-bond donors (Lipinski definition) is 1. The first-order chi connectivity index (χ1) is 16.2. The van der Waals surface area contributed by atoms with Crippen molar-refractivity contribution in [1.29, 1.82) is 0 Å². The average molecular weight is 483 g/mol. The number of nitrogens with zero attached hydrogens (tertiary/aromatic N) is 1. The van der Waals surface area contributed by atoms with E-state index in [2.05, 4.69) is 4.72 Å². The van der Waals surface area contributed by atoms with E-state index in [0.717, 1.165) is 24.1 Å². The summed E-state index contributed by atoms with van der Waals surface area (Å²) in [5, 5.41) is 0. The van der Waals surface area contributed by atoms with Gasteiger partial charge in [0.05, 0.1) is 10.5 Å². The van der Waals surface area contributed by atoms with Crippen molar-refractivity contribution in [2.45, 2.75) is 24.8 Å². The average Bonchev–Trinajstić information content (AvgIpc) is 2.83. The Morgan fingerprint density at radius 2 is 1.74 bits per heavy atom. The normalized spacial score (nSPS) is 13.2. The van der Waals surface area contributed by atoms with Crippen molar-refractivity contribution < 1.29 is 27.1 Å². The standard InChI is InChI=1S/C25H23FN2O5S/c1-17-6-11-22(34(31,32)27-21-9-7-20(26)8-10-21)14-23(17)25(30)33-16-24(29)28-13-12-18-4-2-3-5-19(18)15-28/h2-11,14,27H,12-13,15-16H2,1H3. The summed E-state index contributed by atoms with van der Waals surface area (Å²) in [5.41, 5.74) is 2.99. The third kappa shape index (κ3) is 5.26. The van der Waals surface area contributed by atoms with Gasteiger partial charge in [0.25, 0.3) is 15.9 Å². The minimum absolute atomic E-state index is 0.0405. The largest absolute Gasteiger partial charge is 0.452 e. The molecule has 7 nitrogen and oxygen atoms in total. The molecule has 3 aromatic rings. The summed E-state index contributed by atoms with van der Waals surface area (Å²) in [5.74, 6) is -1.60. The van der Waals surface area contributed by atoms with Crippen molar-refractivity contribution in [3.8, 4) is 0 Å². The van der Waals surface area contributed by atoms with Crippen molar-refractivity contribution in [1.82, 2.24) is 4.90 Å². The number of aryl methyl sites for hydroxylation is 1. The topological polar surface area (TPSA) is 92.8 Å². The first-order valence-corrected chi connectivity index (χ1v) is 12.1. The molecule has 0 aromatic heterocycles. The lowest BCUT2D eigenvalue weighted by Gasteiger charge is -2.28. The Morgan fingerprint density at radius 3 is 2.47 bits per heavy atom. The lowest BCUT2D eigenvalue weighted by atomic mass is 10.00. The maximum Gasteiger partial charge on any atom is 0.338 e. The van der Waals surface area contributed by atoms with Gasteiger partial charge in [-0.3, -0.25) is 9.52 Å². The van der Waals surface area contributed by atoms with Crippen LogP contribution in [-0.4, -0.2) is 38.3 Å². The molecule has 0 saturated carbocycles. The van der Waals surface area contributed by atoms with Crippen molar-refractivity contribution in [2.24, 2.45) is 0 Å². The van der Waals surface area contributed by atoms with Gasteiger partial charge in [-0.25, -0.2) is 17.6 Å². The smallest absolute Gasteiger partial charge is 0.338 e. The van der Waals surface area contributed by atoms with Gasteiger partial charge in [-0.1, -0.05) is 30.3 Å². The quantitative estimate of drug-likeness (QED) is 0.541. The SMILES string of the molecule is Cc1ccc(S(=O)(=O)Nc2ccc(F)cc2)cc1C(=O)OCC(=O)N1CCc2ccccc2C1. The zero-order valence-electron chi connectivity index (χ0n) is 18.5. The number of halogens is 1. The summed E-state index contributed by atoms with van der Waals surface area (Å²) >= 11 is 0. The van der Waals surface area contributed by atoms with Gasteiger partial charge in [0.1, 0.15) is 5.82 Å². The van der Waals surface area contributed by atoms with Gasteiger partial charge < -0.3 is 9.64 Å². The lowest BCUT2D eigenvalue weighted by molar-refractivity contribution is -0.135. The van der Waals surface area contributed by atoms with Crippen LogP contribution in [0, 0.1) is 12.7 Å². The first-order valence-electron chi connectivity index (χ1n) is 10.6. The summed E-state index contributed by atoms with van der Waals surface area (Å²) in [6.45, 7) is 2.19. The molecule has 0 atom stereocenters. The monoisotopic (exact) mass is 482 g/mol. The molecule has 0 spiro atoms. The number of ether oxygens (including phenoxy) is 1. The fourth-order valence-electron chi connectivity index (χ4n) is 3.73. The van der Waals surface area contributed by atoms with Crippen LogP contribution < -0.4 is 4.72 Å². The van der Waals surface area contributed by atoms with Gasteiger partial charge in [0.2, 0.25) is 0 Å². The minimum atomic E-state index is -4.03. The fraction of sp³-hybridized carbons (Fsp3) is 0.200. The van der Waals surface area contributed by atoms with Crippen LogP contribution in [0.2, 0.25) is 0 Å². The molecule has 0 aliphatic carbocycles. The van der Waals surface area contributed by atoms with Crippen LogP contribution >= 0.6 is 0 Å². The van der Waals surface area contributed by atoms with Crippen LogP contribution in [0.3, 0.4) is 0 Å². The van der Waals surface area contributed by atoms with Crippen LogP contribution in [0.15, 0.2) is 71.6 Å². The Balaban J connectivity index is 1.42. The van der Waals surface area contributed by atoms with E-state index in [9.17, 15) is 22.4 Å². The predicted octanol–water partition coefficient (Wildman–Crippen LogP) is 3.68. The predicted molar refractivity (Wildman–Crippen MR) is 124 cm³/mol. The molecule has 176 valence electrons. The van der Waals surface area contributed by atoms with E-state index in [1.807, 2.05) is 24.3 Å². The fourth-order valence-corrected chi connectivity index (χ4v) is 4.81. The molecular formula is C25H23FN2O5S. The van der Waals surface area contributed by atoms with Gasteiger partial charge >= 0.3 is 5.97 Å². The second kappa shape index (κ2) is 9.64. The number of carbonyl (C=O) groups is 2. The first kappa shape index (κ1) is 23.4. The van der Waals surface area contributed by atoms with E-state index in [1.165, 1.54) is 35.9 Å². The molecule has 0 radical (unpaired) electrons. The molecule has 34 heavy (non-hydrogen) atoms. The number of sulfonamides is 1. The summed E-state index contributed by atoms with van der Waals surface area (Å²) in [6.07, 6.45) is 0.732. The molecule has 1 aliphatic rings. The maximum atomic E-state index is 13.1. The highest BCUT2D eigenvalue weighted by atomic mass is 32.2. The van der Waals surface area contributed by atoms with Crippen molar-refractivity contribution in [3.63, 3.8) is 0 Å². The molecule has 1 amide bonds. The Hall–Kier alpha value is -3.72. The Morgan fingerprint density at radius 1 is 1.03 bits per heavy atom. The number of rotatable bonds is 6. The summed E-state index contributed by atoms with van der Waals surface area (Å²) in [7, 11) is -4.03. The molecule has 0 fully saturated rings. The summed E-state index contributed by atoms with van der Waals surface area (Å²) in [4.78, 5) is 26.8. The molecule has 4 rings (SSSR count). The van der Waals surface area contributed by atoms with E-state index in [0.29, 0.717) is 18.7 Å². The number of anilines is 1. The molecule has 0 unspecified atom stereocenters. The second-order valence-corrected chi connectivity index (χ2v) is 9.68. The minimum Gasteiger partial charge on any atom is -0.452 e. The van der Waals surface area contributed by atoms with Gasteiger partial charge in [0, 0.05) is 18.8 Å². The number of amides is 1. The Labute approximate surface area is 197 Å². The van der Waals surface area contributed by atoms with E-state index < -0.39 is 28.4 Å². The second-order valence-electron chi connectivity index (χ2n) is 8.00. The van der Waals surface area contributed by atoms with Gasteiger partial charge in [-0.05, 0) is 66.4 Å². The summed E-state index contributed by atoms with van der Waals surface area (Å²) < 4.78 is 46.1. The van der Waals surface area contributed by atoms with E-state index in [1.54, 1.807) is 11.8 Å². The van der Waals surface area contributed by atoms with E-state index in [4.69, 9.17) is 4.74 Å². The molecule has 3 aromatic carbocycles. The number of fused-ring (bicyclic) bond motifs is 1. The number of carbonyl (C=O) groups excluding carboxylic acids is 2. The number of nitrogens with one attached hydrogen (secondary N) is 1. The molecule has 1 N–H and O–H groups in total. The number of esters is 1. The molecule has 0 saturated heterocycles. The van der Waals surface area contributed by atoms with E-state index >= 15 is 0 Å². The van der Waals surface area contributed by atoms with Crippen LogP contribution in [0.1, 0.15) is 27.0 Å². The third-order valence-electron chi connectivity index (χ3n) is 5.65. The Bertz CT molecular complexity index is 1340. The van der Waals surface area contributed by atoms with Crippen LogP contribution in [0.5, 0.6) is 0 Å². The van der Waals surface area contributed by atoms with Crippen molar-refractivity contribution in [3.05, 3.63) is 94.8 Å². The molecular weight excluding hydrogens is 459 g/mol. The maximum absolute atomic E-state index is 13.1.